The van der Waals surface area contributed by atoms with E-state index in [1.54, 1.807) is 100 Å². The molecular weight excluding hydrogens is 926 g/mol. The molecule has 23 heteroatoms. The van der Waals surface area contributed by atoms with Crippen LogP contribution in [0.25, 0.3) is 27.1 Å². The Morgan fingerprint density at radius 2 is 1.12 bits per heavy atom. The summed E-state index contributed by atoms with van der Waals surface area (Å²) in [6.45, 7) is 19.6. The van der Waals surface area contributed by atoms with Crippen molar-refractivity contribution < 1.29 is 9.53 Å². The number of nitrogens with zero attached hydrogens (tertiary/aromatic N) is 13. The lowest BCUT2D eigenvalue weighted by atomic mass is 10.2. The van der Waals surface area contributed by atoms with Crippen LogP contribution in [0.1, 0.15) is 31.9 Å². The molecule has 0 saturated heterocycles. The molecule has 0 aliphatic heterocycles. The predicted molar refractivity (Wildman–Crippen MR) is 245 cm³/mol. The summed E-state index contributed by atoms with van der Waals surface area (Å²) >= 11 is 28.1. The molecule has 0 aliphatic carbocycles. The van der Waals surface area contributed by atoms with E-state index in [2.05, 4.69) is 60.4 Å². The van der Waals surface area contributed by atoms with Crippen molar-refractivity contribution in [1.29, 1.82) is 0 Å². The van der Waals surface area contributed by atoms with Crippen molar-refractivity contribution in [1.82, 2.24) is 64.8 Å². The molecule has 0 aromatic carbocycles. The van der Waals surface area contributed by atoms with Crippen molar-refractivity contribution in [2.45, 2.75) is 39.5 Å². The minimum Gasteiger partial charge on any atom is -0.444 e. The number of carbonyl (C=O) groups excluding carboxylic acids is 1. The highest BCUT2D eigenvalue weighted by Crippen LogP contribution is 2.15. The number of aromatic amines is 1. The zero-order valence-electron chi connectivity index (χ0n) is 34.1. The van der Waals surface area contributed by atoms with Crippen molar-refractivity contribution >= 4 is 75.5 Å². The van der Waals surface area contributed by atoms with Gasteiger partial charge in [0.1, 0.15) is 10.8 Å². The van der Waals surface area contributed by atoms with Gasteiger partial charge in [0, 0.05) is 44.1 Å². The fourth-order valence-corrected chi connectivity index (χ4v) is 4.96. The first-order valence-corrected chi connectivity index (χ1v) is 20.2. The molecule has 0 bridgehead atoms. The second-order valence-corrected chi connectivity index (χ2v) is 15.4. The van der Waals surface area contributed by atoms with Crippen LogP contribution in [-0.4, -0.2) is 71.2 Å². The molecule has 0 saturated carbocycles. The lowest BCUT2D eigenvalue weighted by Gasteiger charge is -2.19. The fourth-order valence-electron chi connectivity index (χ4n) is 4.35. The number of nitrogens with two attached hydrogens (primary N) is 1. The van der Waals surface area contributed by atoms with E-state index in [1.807, 2.05) is 39.0 Å². The summed E-state index contributed by atoms with van der Waals surface area (Å²) < 4.78 is 9.90. The standard InChI is InChI=1S/C14H17ClN4O2.C9H5ClN4.C9H9ClN4.C6H3ClN2.C3H3ClN2/c1-14(2,3)21-13(20)17-7-10-4-5-12(16-6-10)19-9-11(15)8-18-19;1-11-8-2-3-9(12-5-8)14-6-7(10)4-13-14;10-8-5-13-14(6-8)9-2-1-7(3-11)4-12-9;1-8-5-2-3-6(7)9-4-5;4-3-1-5-6-2-3/h4-6,8-9H,7H2,1-3H3,(H,17,20);2-6H;1-2,4-6H,3,11H2;2-4H;1-2H,(H,5,6). The number of H-pyrrole nitrogens is 1. The number of nitrogens with one attached hydrogen (secondary N) is 2. The van der Waals surface area contributed by atoms with Gasteiger partial charge in [0.15, 0.2) is 17.5 Å². The first-order chi connectivity index (χ1) is 30.6. The SMILES string of the molecule is CC(C)(C)OC(=O)NCc1ccc(-n2cc(Cl)cn2)nc1.Clc1cn[nH]c1.NCc1ccc(-n2cc(Cl)cn2)nc1.[C-]#[N+]c1ccc(-n2cc(Cl)cn2)nc1.[C-]#[N+]c1ccc(Cl)nc1. The van der Waals surface area contributed by atoms with Gasteiger partial charge in [0.05, 0.1) is 76.6 Å². The summed E-state index contributed by atoms with van der Waals surface area (Å²) in [6, 6.07) is 14.0. The Balaban J connectivity index is 0.000000185. The van der Waals surface area contributed by atoms with Crippen LogP contribution < -0.4 is 11.1 Å². The van der Waals surface area contributed by atoms with Gasteiger partial charge in [-0.25, -0.2) is 43.5 Å². The van der Waals surface area contributed by atoms with Crippen LogP contribution in [0.15, 0.2) is 123 Å². The minimum atomic E-state index is -0.508. The molecule has 18 nitrogen and oxygen atoms in total. The Morgan fingerprint density at radius 1 is 0.656 bits per heavy atom. The summed E-state index contributed by atoms with van der Waals surface area (Å²) in [4.78, 5) is 34.1. The minimum absolute atomic E-state index is 0.349. The molecule has 4 N–H and O–H groups in total. The van der Waals surface area contributed by atoms with Gasteiger partial charge in [-0.3, -0.25) is 10.1 Å². The maximum atomic E-state index is 11.5. The summed E-state index contributed by atoms with van der Waals surface area (Å²) in [6.07, 6.45) is 18.7. The molecule has 0 spiro atoms. The Morgan fingerprint density at radius 3 is 1.44 bits per heavy atom. The van der Waals surface area contributed by atoms with Crippen molar-refractivity contribution in [3.8, 4) is 17.5 Å². The number of pyridine rings is 4. The van der Waals surface area contributed by atoms with Crippen LogP contribution in [0.5, 0.6) is 0 Å². The third kappa shape index (κ3) is 17.8. The zero-order valence-corrected chi connectivity index (χ0v) is 37.8. The summed E-state index contributed by atoms with van der Waals surface area (Å²) in [5.74, 6) is 2.03. The third-order valence-corrected chi connectivity index (χ3v) is 8.23. The van der Waals surface area contributed by atoms with E-state index in [-0.39, 0.29) is 0 Å². The largest absolute Gasteiger partial charge is 0.444 e. The number of halogens is 5. The number of alkyl carbamates (subject to hydrolysis) is 1. The van der Waals surface area contributed by atoms with Crippen LogP contribution >= 0.6 is 58.0 Å². The quantitative estimate of drug-likeness (QED) is 0.106. The smallest absolute Gasteiger partial charge is 0.407 e. The molecule has 1 amide bonds. The van der Waals surface area contributed by atoms with Gasteiger partial charge in [-0.05, 0) is 56.2 Å². The Bertz CT molecular complexity index is 2700. The molecule has 8 aromatic rings. The zero-order chi connectivity index (χ0) is 46.5. The lowest BCUT2D eigenvalue weighted by Crippen LogP contribution is -2.32. The monoisotopic (exact) mass is 960 g/mol. The van der Waals surface area contributed by atoms with Crippen LogP contribution in [-0.2, 0) is 17.8 Å². The van der Waals surface area contributed by atoms with Crippen LogP contribution in [0.4, 0.5) is 16.2 Å². The van der Waals surface area contributed by atoms with E-state index in [1.165, 1.54) is 18.6 Å². The maximum Gasteiger partial charge on any atom is 0.407 e. The van der Waals surface area contributed by atoms with Crippen LogP contribution in [0.2, 0.25) is 25.2 Å². The van der Waals surface area contributed by atoms with Crippen molar-refractivity contribution in [2.24, 2.45) is 5.73 Å². The average molecular weight is 963 g/mol. The number of ether oxygens (including phenoxy) is 1. The summed E-state index contributed by atoms with van der Waals surface area (Å²) in [7, 11) is 0. The van der Waals surface area contributed by atoms with Crippen molar-refractivity contribution in [2.75, 3.05) is 0 Å². The van der Waals surface area contributed by atoms with Gasteiger partial charge in [-0.2, -0.15) is 20.4 Å². The van der Waals surface area contributed by atoms with E-state index >= 15 is 0 Å². The van der Waals surface area contributed by atoms with E-state index in [0.29, 0.717) is 61.3 Å². The highest BCUT2D eigenvalue weighted by molar-refractivity contribution is 6.31. The summed E-state index contributed by atoms with van der Waals surface area (Å²) in [5, 5.41) is 23.6. The third-order valence-electron chi connectivity index (χ3n) is 7.21. The Kier molecular flexibility index (Phi) is 19.6. The second kappa shape index (κ2) is 25.3. The fraction of sp³-hybridized carbons (Fsp3) is 0.146. The van der Waals surface area contributed by atoms with Gasteiger partial charge >= 0.3 is 6.09 Å². The molecule has 0 unspecified atom stereocenters. The number of hydrogen-bond donors (Lipinski definition) is 3. The van der Waals surface area contributed by atoms with Gasteiger partial charge in [-0.1, -0.05) is 82.3 Å². The number of amides is 1. The average Bonchev–Trinajstić information content (AvgIpc) is 4.14. The molecule has 0 atom stereocenters. The molecule has 8 aromatic heterocycles. The van der Waals surface area contributed by atoms with Crippen LogP contribution in [0, 0.1) is 13.1 Å². The molecule has 0 radical (unpaired) electrons. The van der Waals surface area contributed by atoms with Crippen molar-refractivity contribution in [3.05, 3.63) is 182 Å². The Hall–Kier alpha value is -6.90. The number of rotatable bonds is 6. The maximum absolute atomic E-state index is 11.5. The predicted octanol–water partition coefficient (Wildman–Crippen LogP) is 10.1. The van der Waals surface area contributed by atoms with Crippen molar-refractivity contribution in [3.63, 3.8) is 0 Å². The van der Waals surface area contributed by atoms with E-state index < -0.39 is 11.7 Å². The first kappa shape index (κ1) is 49.8. The molecule has 8 rings (SSSR count). The van der Waals surface area contributed by atoms with Gasteiger partial charge in [-0.15, -0.1) is 0 Å². The number of carbonyl (C=O) groups is 1. The molecule has 64 heavy (non-hydrogen) atoms. The van der Waals surface area contributed by atoms with E-state index in [0.717, 1.165) is 16.9 Å². The van der Waals surface area contributed by atoms with E-state index in [9.17, 15) is 4.79 Å². The lowest BCUT2D eigenvalue weighted by molar-refractivity contribution is 0.0523. The molecule has 8 heterocycles. The summed E-state index contributed by atoms with van der Waals surface area (Å²) in [5.41, 5.74) is 7.83. The molecular formula is C41H37Cl5N16O2. The first-order valence-electron chi connectivity index (χ1n) is 18.3. The number of hydrogen-bond acceptors (Lipinski definition) is 11. The van der Waals surface area contributed by atoms with Gasteiger partial charge < -0.3 is 15.8 Å². The van der Waals surface area contributed by atoms with E-state index in [4.69, 9.17) is 81.6 Å². The molecule has 328 valence electrons. The van der Waals surface area contributed by atoms with Gasteiger partial charge in [0.25, 0.3) is 0 Å². The highest BCUT2D eigenvalue weighted by Gasteiger charge is 2.15. The number of aromatic nitrogens is 12. The molecule has 0 aliphatic rings. The normalized spacial score (nSPS) is 10.1. The van der Waals surface area contributed by atoms with Crippen LogP contribution in [0.3, 0.4) is 0 Å². The topological polar surface area (TPSA) is 207 Å². The highest BCUT2D eigenvalue weighted by atomic mass is 35.5. The van der Waals surface area contributed by atoms with Gasteiger partial charge in [0.2, 0.25) is 11.4 Å². The Labute approximate surface area is 392 Å². The molecule has 0 fully saturated rings. The second-order valence-electron chi connectivity index (χ2n) is 13.3.